The van der Waals surface area contributed by atoms with Crippen molar-refractivity contribution >= 4 is 11.6 Å². The summed E-state index contributed by atoms with van der Waals surface area (Å²) in [7, 11) is 1.32. The minimum Gasteiger partial charge on any atom is -0.490 e. The van der Waals surface area contributed by atoms with Gasteiger partial charge in [-0.05, 0) is 48.5 Å². The van der Waals surface area contributed by atoms with Crippen LogP contribution in [0.1, 0.15) is 16.1 Å². The Bertz CT molecular complexity index is 982. The Morgan fingerprint density at radius 2 is 1.93 bits per heavy atom. The van der Waals surface area contributed by atoms with E-state index in [1.54, 1.807) is 24.3 Å². The molecule has 138 valence electrons. The maximum atomic E-state index is 13.0. The second-order valence-corrected chi connectivity index (χ2v) is 5.60. The molecule has 0 atom stereocenters. The third kappa shape index (κ3) is 4.12. The van der Waals surface area contributed by atoms with Gasteiger partial charge in [0.1, 0.15) is 17.3 Å². The van der Waals surface area contributed by atoms with Crippen LogP contribution in [0.3, 0.4) is 0 Å². The molecule has 27 heavy (non-hydrogen) atoms. The molecule has 0 fully saturated rings. The number of hydrogen-bond acceptors (Lipinski definition) is 5. The van der Waals surface area contributed by atoms with E-state index in [2.05, 4.69) is 5.32 Å². The highest BCUT2D eigenvalue weighted by Crippen LogP contribution is 2.27. The van der Waals surface area contributed by atoms with Gasteiger partial charge in [-0.15, -0.1) is 0 Å². The van der Waals surface area contributed by atoms with Gasteiger partial charge < -0.3 is 14.5 Å². The molecule has 0 unspecified atom stereocenters. The van der Waals surface area contributed by atoms with Crippen molar-refractivity contribution in [1.82, 2.24) is 5.32 Å². The number of carbonyl (C=O) groups is 1. The van der Waals surface area contributed by atoms with Gasteiger partial charge in [0.15, 0.2) is 5.75 Å². The van der Waals surface area contributed by atoms with Crippen molar-refractivity contribution in [2.45, 2.75) is 6.54 Å². The first-order valence-electron chi connectivity index (χ1n) is 7.93. The highest BCUT2D eigenvalue weighted by molar-refractivity contribution is 5.95. The normalized spacial score (nSPS) is 10.4. The lowest BCUT2D eigenvalue weighted by atomic mass is 10.1. The van der Waals surface area contributed by atoms with Crippen molar-refractivity contribution in [3.8, 4) is 17.1 Å². The lowest BCUT2D eigenvalue weighted by Gasteiger charge is -2.06. The molecule has 2 aromatic carbocycles. The van der Waals surface area contributed by atoms with E-state index in [0.29, 0.717) is 17.1 Å². The number of furan rings is 1. The molecule has 1 heterocycles. The van der Waals surface area contributed by atoms with Gasteiger partial charge in [0.05, 0.1) is 18.6 Å². The zero-order valence-corrected chi connectivity index (χ0v) is 14.3. The van der Waals surface area contributed by atoms with Gasteiger partial charge in [-0.2, -0.15) is 0 Å². The number of amides is 1. The van der Waals surface area contributed by atoms with Crippen molar-refractivity contribution < 1.29 is 23.3 Å². The SMILES string of the molecule is COc1ccc(C(=O)NCc2ccc(-c3ccc(F)cc3)o2)cc1[N+](=O)[O-]. The van der Waals surface area contributed by atoms with Gasteiger partial charge in [-0.25, -0.2) is 4.39 Å². The molecule has 1 amide bonds. The highest BCUT2D eigenvalue weighted by atomic mass is 19.1. The molecule has 3 rings (SSSR count). The van der Waals surface area contributed by atoms with Crippen LogP contribution < -0.4 is 10.1 Å². The molecule has 0 aliphatic carbocycles. The summed E-state index contributed by atoms with van der Waals surface area (Å²) in [5.41, 5.74) is 0.550. The van der Waals surface area contributed by atoms with Gasteiger partial charge in [0.2, 0.25) is 0 Å². The van der Waals surface area contributed by atoms with Crippen LogP contribution in [0.2, 0.25) is 0 Å². The number of nitrogens with zero attached hydrogens (tertiary/aromatic N) is 1. The van der Waals surface area contributed by atoms with Gasteiger partial charge in [0, 0.05) is 17.2 Å². The van der Waals surface area contributed by atoms with Crippen LogP contribution in [0.25, 0.3) is 11.3 Å². The molecule has 3 aromatic rings. The summed E-state index contributed by atoms with van der Waals surface area (Å²) in [6.07, 6.45) is 0. The van der Waals surface area contributed by atoms with Crippen LogP contribution in [-0.2, 0) is 6.54 Å². The van der Waals surface area contributed by atoms with Crippen LogP contribution in [0, 0.1) is 15.9 Å². The monoisotopic (exact) mass is 370 g/mol. The van der Waals surface area contributed by atoms with E-state index in [1.807, 2.05) is 0 Å². The maximum Gasteiger partial charge on any atom is 0.311 e. The number of hydrogen-bond donors (Lipinski definition) is 1. The van der Waals surface area contributed by atoms with Crippen LogP contribution in [0.5, 0.6) is 5.75 Å². The van der Waals surface area contributed by atoms with Crippen molar-refractivity contribution in [2.75, 3.05) is 7.11 Å². The first kappa shape index (κ1) is 18.1. The fourth-order valence-corrected chi connectivity index (χ4v) is 2.49. The molecule has 8 heteroatoms. The van der Waals surface area contributed by atoms with Crippen LogP contribution in [-0.4, -0.2) is 17.9 Å². The first-order chi connectivity index (χ1) is 13.0. The molecule has 7 nitrogen and oxygen atoms in total. The minimum atomic E-state index is -0.614. The predicted octanol–water partition coefficient (Wildman–Crippen LogP) is 3.93. The lowest BCUT2D eigenvalue weighted by Crippen LogP contribution is -2.22. The Morgan fingerprint density at radius 3 is 2.59 bits per heavy atom. The van der Waals surface area contributed by atoms with E-state index < -0.39 is 10.8 Å². The number of nitro groups is 1. The molecule has 0 saturated heterocycles. The van der Waals surface area contributed by atoms with Gasteiger partial charge >= 0.3 is 5.69 Å². The summed E-state index contributed by atoms with van der Waals surface area (Å²) < 4.78 is 23.5. The van der Waals surface area contributed by atoms with Crippen molar-refractivity contribution in [3.63, 3.8) is 0 Å². The number of rotatable bonds is 6. The fraction of sp³-hybridized carbons (Fsp3) is 0.105. The topological polar surface area (TPSA) is 94.6 Å². The van der Waals surface area contributed by atoms with Crippen molar-refractivity contribution in [2.24, 2.45) is 0 Å². The fourth-order valence-electron chi connectivity index (χ4n) is 2.49. The molecule has 0 radical (unpaired) electrons. The second kappa shape index (κ2) is 7.69. The van der Waals surface area contributed by atoms with E-state index in [9.17, 15) is 19.3 Å². The molecule has 0 aliphatic rings. The summed E-state index contributed by atoms with van der Waals surface area (Å²) in [5, 5.41) is 13.7. The first-order valence-corrected chi connectivity index (χ1v) is 7.93. The Labute approximate surface area is 153 Å². The number of ether oxygens (including phenoxy) is 1. The smallest absolute Gasteiger partial charge is 0.311 e. The quantitative estimate of drug-likeness (QED) is 0.524. The van der Waals surface area contributed by atoms with Crippen LogP contribution in [0.15, 0.2) is 59.0 Å². The van der Waals surface area contributed by atoms with Crippen LogP contribution >= 0.6 is 0 Å². The third-order valence-electron chi connectivity index (χ3n) is 3.85. The molecular formula is C19H15FN2O5. The highest BCUT2D eigenvalue weighted by Gasteiger charge is 2.18. The van der Waals surface area contributed by atoms with Gasteiger partial charge in [0.25, 0.3) is 5.91 Å². The molecule has 1 N–H and O–H groups in total. The van der Waals surface area contributed by atoms with Crippen molar-refractivity contribution in [3.05, 3.63) is 81.9 Å². The number of halogens is 1. The number of nitrogens with one attached hydrogen (secondary N) is 1. The Kier molecular flexibility index (Phi) is 5.16. The van der Waals surface area contributed by atoms with Crippen LogP contribution in [0.4, 0.5) is 10.1 Å². The Hall–Kier alpha value is -3.68. The van der Waals surface area contributed by atoms with Gasteiger partial charge in [-0.3, -0.25) is 14.9 Å². The summed E-state index contributed by atoms with van der Waals surface area (Å²) in [6, 6.07) is 13.2. The molecule has 0 bridgehead atoms. The number of nitro benzene ring substituents is 1. The lowest BCUT2D eigenvalue weighted by molar-refractivity contribution is -0.385. The average molecular weight is 370 g/mol. The Balaban J connectivity index is 1.68. The number of methoxy groups -OCH3 is 1. The van der Waals surface area contributed by atoms with E-state index in [1.165, 1.54) is 31.4 Å². The van der Waals surface area contributed by atoms with E-state index in [-0.39, 0.29) is 29.4 Å². The summed E-state index contributed by atoms with van der Waals surface area (Å²) >= 11 is 0. The van der Waals surface area contributed by atoms with Crippen molar-refractivity contribution in [1.29, 1.82) is 0 Å². The summed E-state index contributed by atoms with van der Waals surface area (Å²) in [6.45, 7) is 0.0971. The van der Waals surface area contributed by atoms with E-state index >= 15 is 0 Å². The third-order valence-corrected chi connectivity index (χ3v) is 3.85. The molecule has 1 aromatic heterocycles. The van der Waals surface area contributed by atoms with E-state index in [0.717, 1.165) is 6.07 Å². The summed E-state index contributed by atoms with van der Waals surface area (Å²) in [4.78, 5) is 22.7. The zero-order chi connectivity index (χ0) is 19.4. The predicted molar refractivity (Wildman–Crippen MR) is 94.9 cm³/mol. The number of benzene rings is 2. The molecular weight excluding hydrogens is 355 g/mol. The van der Waals surface area contributed by atoms with Gasteiger partial charge in [-0.1, -0.05) is 0 Å². The molecule has 0 spiro atoms. The zero-order valence-electron chi connectivity index (χ0n) is 14.3. The molecule has 0 saturated carbocycles. The van der Waals surface area contributed by atoms with E-state index in [4.69, 9.17) is 9.15 Å². The summed E-state index contributed by atoms with van der Waals surface area (Å²) in [5.74, 6) is 0.281. The largest absolute Gasteiger partial charge is 0.490 e. The average Bonchev–Trinajstić information content (AvgIpc) is 3.15. The minimum absolute atomic E-state index is 0.0755. The maximum absolute atomic E-state index is 13.0. The second-order valence-electron chi connectivity index (χ2n) is 5.60. The Morgan fingerprint density at radius 1 is 1.19 bits per heavy atom. The molecule has 0 aliphatic heterocycles. The standard InChI is InChI=1S/C19H15FN2O5/c1-26-18-8-4-13(10-16(18)22(24)25)19(23)21-11-15-7-9-17(27-15)12-2-5-14(20)6-3-12/h2-10H,11H2,1H3,(H,21,23). The number of carbonyl (C=O) groups excluding carboxylic acids is 1.